The first-order valence-electron chi connectivity index (χ1n) is 8.52. The molecule has 0 aliphatic rings. The number of hydrogen-bond acceptors (Lipinski definition) is 3. The van der Waals surface area contributed by atoms with Crippen molar-refractivity contribution in [3.05, 3.63) is 70.8 Å². The average Bonchev–Trinajstić information content (AvgIpc) is 2.61. The lowest BCUT2D eigenvalue weighted by atomic mass is 10.0. The predicted octanol–water partition coefficient (Wildman–Crippen LogP) is 3.66. The molecule has 132 valence electrons. The monoisotopic (exact) mass is 339 g/mol. The largest absolute Gasteiger partial charge is 0.456 e. The second kappa shape index (κ2) is 9.02. The number of aryl methyl sites for hydroxylation is 3. The summed E-state index contributed by atoms with van der Waals surface area (Å²) < 4.78 is 5.05. The lowest BCUT2D eigenvalue weighted by molar-refractivity contribution is -0.148. The lowest BCUT2D eigenvalue weighted by Crippen LogP contribution is -2.31. The minimum absolute atomic E-state index is 0.130. The van der Waals surface area contributed by atoms with Gasteiger partial charge >= 0.3 is 5.97 Å². The zero-order valence-corrected chi connectivity index (χ0v) is 15.0. The topological polar surface area (TPSA) is 55.4 Å². The zero-order valence-electron chi connectivity index (χ0n) is 15.0. The number of esters is 1. The fourth-order valence-corrected chi connectivity index (χ4v) is 2.51. The molecule has 25 heavy (non-hydrogen) atoms. The molecule has 0 radical (unpaired) electrons. The molecule has 4 heteroatoms. The molecule has 0 spiro atoms. The summed E-state index contributed by atoms with van der Waals surface area (Å²) in [6, 6.07) is 15.7. The Kier molecular flexibility index (Phi) is 6.75. The Hall–Kier alpha value is -2.62. The molecule has 4 nitrogen and oxygen atoms in total. The summed E-state index contributed by atoms with van der Waals surface area (Å²) in [5, 5.41) is 2.86. The third-order valence-electron chi connectivity index (χ3n) is 4.23. The van der Waals surface area contributed by atoms with Crippen molar-refractivity contribution in [1.82, 2.24) is 5.32 Å². The van der Waals surface area contributed by atoms with Gasteiger partial charge in [0.25, 0.3) is 5.91 Å². The van der Waals surface area contributed by atoms with Crippen LogP contribution in [0, 0.1) is 13.8 Å². The van der Waals surface area contributed by atoms with Gasteiger partial charge in [-0.3, -0.25) is 9.59 Å². The lowest BCUT2D eigenvalue weighted by Gasteiger charge is -2.15. The van der Waals surface area contributed by atoms with Gasteiger partial charge in [0.15, 0.2) is 6.61 Å². The first-order chi connectivity index (χ1) is 12.0. The summed E-state index contributed by atoms with van der Waals surface area (Å²) in [7, 11) is 0. The van der Waals surface area contributed by atoms with Crippen LogP contribution in [-0.4, -0.2) is 18.5 Å². The van der Waals surface area contributed by atoms with Crippen LogP contribution in [0.3, 0.4) is 0 Å². The van der Waals surface area contributed by atoms with Crippen molar-refractivity contribution in [1.29, 1.82) is 0 Å². The first kappa shape index (κ1) is 18.7. The molecule has 0 bridgehead atoms. The normalized spacial score (nSPS) is 11.6. The molecule has 0 saturated heterocycles. The van der Waals surface area contributed by atoms with Gasteiger partial charge in [0.1, 0.15) is 0 Å². The van der Waals surface area contributed by atoms with Gasteiger partial charge in [0.05, 0.1) is 6.04 Å². The Morgan fingerprint density at radius 3 is 2.44 bits per heavy atom. The van der Waals surface area contributed by atoms with Gasteiger partial charge < -0.3 is 10.1 Å². The maximum Gasteiger partial charge on any atom is 0.306 e. The minimum atomic E-state index is -0.363. The van der Waals surface area contributed by atoms with Crippen molar-refractivity contribution in [3.8, 4) is 0 Å². The Morgan fingerprint density at radius 2 is 1.76 bits per heavy atom. The zero-order chi connectivity index (χ0) is 18.2. The smallest absolute Gasteiger partial charge is 0.306 e. The van der Waals surface area contributed by atoms with E-state index < -0.39 is 0 Å². The highest BCUT2D eigenvalue weighted by Crippen LogP contribution is 2.16. The quantitative estimate of drug-likeness (QED) is 0.783. The van der Waals surface area contributed by atoms with E-state index in [1.165, 1.54) is 11.1 Å². The van der Waals surface area contributed by atoms with Crippen LogP contribution in [0.2, 0.25) is 0 Å². The van der Waals surface area contributed by atoms with Gasteiger partial charge in [-0.15, -0.1) is 0 Å². The average molecular weight is 339 g/mol. The van der Waals surface area contributed by atoms with E-state index in [2.05, 4.69) is 18.3 Å². The van der Waals surface area contributed by atoms with Crippen molar-refractivity contribution in [2.24, 2.45) is 0 Å². The van der Waals surface area contributed by atoms with E-state index in [9.17, 15) is 9.59 Å². The standard InChI is InChI=1S/C21H25NO3/c1-15-9-11-19(13-16(15)2)17(3)22-20(23)14-25-21(24)12-10-18-7-5-4-6-8-18/h4-9,11,13,17H,10,12,14H2,1-3H3,(H,22,23)/t17-/m1/s1. The number of amides is 1. The van der Waals surface area contributed by atoms with E-state index in [1.54, 1.807) is 0 Å². The van der Waals surface area contributed by atoms with Crippen LogP contribution < -0.4 is 5.32 Å². The number of carbonyl (C=O) groups is 2. The highest BCUT2D eigenvalue weighted by molar-refractivity contribution is 5.80. The van der Waals surface area contributed by atoms with Gasteiger partial charge in [-0.25, -0.2) is 0 Å². The molecule has 2 rings (SSSR count). The molecule has 1 amide bonds. The van der Waals surface area contributed by atoms with Crippen LogP contribution in [0.4, 0.5) is 0 Å². The van der Waals surface area contributed by atoms with Crippen molar-refractivity contribution < 1.29 is 14.3 Å². The van der Waals surface area contributed by atoms with Crippen molar-refractivity contribution >= 4 is 11.9 Å². The highest BCUT2D eigenvalue weighted by Gasteiger charge is 2.12. The fourth-order valence-electron chi connectivity index (χ4n) is 2.51. The molecule has 0 aromatic heterocycles. The van der Waals surface area contributed by atoms with Gasteiger partial charge in [-0.05, 0) is 49.4 Å². The van der Waals surface area contributed by atoms with E-state index in [0.717, 1.165) is 11.1 Å². The number of nitrogens with one attached hydrogen (secondary N) is 1. The van der Waals surface area contributed by atoms with Crippen molar-refractivity contribution in [2.45, 2.75) is 39.7 Å². The Balaban J connectivity index is 1.74. The Morgan fingerprint density at radius 1 is 1.04 bits per heavy atom. The van der Waals surface area contributed by atoms with Crippen LogP contribution in [0.5, 0.6) is 0 Å². The molecule has 2 aromatic carbocycles. The first-order valence-corrected chi connectivity index (χ1v) is 8.52. The third kappa shape index (κ3) is 6.07. The molecule has 0 fully saturated rings. The van der Waals surface area contributed by atoms with Crippen LogP contribution >= 0.6 is 0 Å². The molecule has 0 saturated carbocycles. The summed E-state index contributed by atoms with van der Waals surface area (Å²) in [4.78, 5) is 23.7. The molecule has 1 atom stereocenters. The number of benzene rings is 2. The van der Waals surface area contributed by atoms with E-state index in [0.29, 0.717) is 6.42 Å². The molecule has 0 heterocycles. The van der Waals surface area contributed by atoms with Gasteiger partial charge in [0.2, 0.25) is 0 Å². The summed E-state index contributed by atoms with van der Waals surface area (Å²) in [5.74, 6) is -0.656. The van der Waals surface area contributed by atoms with E-state index in [4.69, 9.17) is 4.74 Å². The summed E-state index contributed by atoms with van der Waals surface area (Å²) in [6.07, 6.45) is 0.879. The maximum absolute atomic E-state index is 12.0. The Bertz CT molecular complexity index is 725. The molecule has 0 aliphatic carbocycles. The second-order valence-electron chi connectivity index (χ2n) is 6.28. The summed E-state index contributed by atoms with van der Waals surface area (Å²) in [6.45, 7) is 5.77. The summed E-state index contributed by atoms with van der Waals surface area (Å²) in [5.41, 5.74) is 4.51. The number of rotatable bonds is 7. The number of hydrogen-bond donors (Lipinski definition) is 1. The molecular formula is C21H25NO3. The number of carbonyl (C=O) groups excluding carboxylic acids is 2. The van der Waals surface area contributed by atoms with Crippen LogP contribution in [-0.2, 0) is 20.7 Å². The Labute approximate surface area is 149 Å². The van der Waals surface area contributed by atoms with Crippen molar-refractivity contribution in [3.63, 3.8) is 0 Å². The van der Waals surface area contributed by atoms with E-state index >= 15 is 0 Å². The molecule has 0 unspecified atom stereocenters. The van der Waals surface area contributed by atoms with Gasteiger partial charge in [0, 0.05) is 6.42 Å². The van der Waals surface area contributed by atoms with E-state index in [1.807, 2.05) is 56.3 Å². The molecule has 2 aromatic rings. The fraction of sp³-hybridized carbons (Fsp3) is 0.333. The SMILES string of the molecule is Cc1ccc([C@@H](C)NC(=O)COC(=O)CCc2ccccc2)cc1C. The van der Waals surface area contributed by atoms with E-state index in [-0.39, 0.29) is 30.9 Å². The molecular weight excluding hydrogens is 314 g/mol. The maximum atomic E-state index is 12.0. The second-order valence-corrected chi connectivity index (χ2v) is 6.28. The van der Waals surface area contributed by atoms with Gasteiger partial charge in [-0.1, -0.05) is 48.5 Å². The van der Waals surface area contributed by atoms with Crippen molar-refractivity contribution in [2.75, 3.05) is 6.61 Å². The van der Waals surface area contributed by atoms with Crippen LogP contribution in [0.15, 0.2) is 48.5 Å². The van der Waals surface area contributed by atoms with Gasteiger partial charge in [-0.2, -0.15) is 0 Å². The van der Waals surface area contributed by atoms with Crippen LogP contribution in [0.1, 0.15) is 41.6 Å². The molecule has 0 aliphatic heterocycles. The molecule has 1 N–H and O–H groups in total. The predicted molar refractivity (Wildman–Crippen MR) is 98.2 cm³/mol. The highest BCUT2D eigenvalue weighted by atomic mass is 16.5. The summed E-state index contributed by atoms with van der Waals surface area (Å²) >= 11 is 0. The third-order valence-corrected chi connectivity index (χ3v) is 4.23. The minimum Gasteiger partial charge on any atom is -0.456 e. The van der Waals surface area contributed by atoms with Crippen LogP contribution in [0.25, 0.3) is 0 Å². The number of ether oxygens (including phenoxy) is 1.